The molecule has 0 aliphatic rings. The van der Waals surface area contributed by atoms with E-state index in [0.717, 1.165) is 17.1 Å². The van der Waals surface area contributed by atoms with Crippen molar-refractivity contribution in [2.45, 2.75) is 6.92 Å². The first-order valence-corrected chi connectivity index (χ1v) is 8.55. The largest absolute Gasteiger partial charge is 0.354 e. The molecule has 2 aromatic carbocycles. The number of pyridine rings is 1. The van der Waals surface area contributed by atoms with E-state index < -0.39 is 0 Å². The van der Waals surface area contributed by atoms with E-state index in [9.17, 15) is 9.59 Å². The highest BCUT2D eigenvalue weighted by Gasteiger charge is 2.07. The second-order valence-corrected chi connectivity index (χ2v) is 6.22. The van der Waals surface area contributed by atoms with E-state index in [1.54, 1.807) is 48.7 Å². The van der Waals surface area contributed by atoms with E-state index in [0.29, 0.717) is 16.4 Å². The minimum atomic E-state index is -0.278. The molecule has 2 amide bonds. The minimum Gasteiger partial charge on any atom is -0.354 e. The number of rotatable bonds is 5. The molecule has 0 unspecified atom stereocenters. The number of anilines is 4. The Morgan fingerprint density at radius 2 is 1.59 bits per heavy atom. The summed E-state index contributed by atoms with van der Waals surface area (Å²) in [5.74, 6) is 0.0427. The highest BCUT2D eigenvalue weighted by molar-refractivity contribution is 6.31. The third-order valence-electron chi connectivity index (χ3n) is 3.59. The van der Waals surface area contributed by atoms with Crippen molar-refractivity contribution in [2.75, 3.05) is 16.0 Å². The second-order valence-electron chi connectivity index (χ2n) is 5.78. The van der Waals surface area contributed by atoms with Crippen LogP contribution in [-0.2, 0) is 4.79 Å². The van der Waals surface area contributed by atoms with Crippen molar-refractivity contribution in [3.8, 4) is 0 Å². The van der Waals surface area contributed by atoms with Crippen LogP contribution in [0.2, 0.25) is 5.02 Å². The summed E-state index contributed by atoms with van der Waals surface area (Å²) in [6.45, 7) is 1.46. The molecule has 136 valence electrons. The van der Waals surface area contributed by atoms with Gasteiger partial charge in [0.25, 0.3) is 5.91 Å². The third kappa shape index (κ3) is 5.29. The van der Waals surface area contributed by atoms with E-state index in [1.807, 2.05) is 18.2 Å². The van der Waals surface area contributed by atoms with Gasteiger partial charge in [-0.25, -0.2) is 4.98 Å². The molecular formula is C20H17ClN4O2. The number of hydrogen-bond donors (Lipinski definition) is 3. The average molecular weight is 381 g/mol. The lowest BCUT2D eigenvalue weighted by molar-refractivity contribution is -0.114. The van der Waals surface area contributed by atoms with Crippen LogP contribution in [0.5, 0.6) is 0 Å². The van der Waals surface area contributed by atoms with Gasteiger partial charge in [0.1, 0.15) is 5.82 Å². The lowest BCUT2D eigenvalue weighted by Gasteiger charge is -2.09. The molecule has 0 atom stereocenters. The Morgan fingerprint density at radius 1 is 0.889 bits per heavy atom. The Balaban J connectivity index is 1.61. The van der Waals surface area contributed by atoms with Gasteiger partial charge in [-0.3, -0.25) is 9.59 Å². The zero-order valence-corrected chi connectivity index (χ0v) is 15.2. The number of halogens is 1. The Kier molecular flexibility index (Phi) is 5.68. The Morgan fingerprint density at radius 3 is 2.22 bits per heavy atom. The average Bonchev–Trinajstić information content (AvgIpc) is 2.64. The predicted octanol–water partition coefficient (Wildman–Crippen LogP) is 4.69. The Labute approximate surface area is 161 Å². The van der Waals surface area contributed by atoms with Crippen LogP contribution in [-0.4, -0.2) is 16.8 Å². The number of nitrogens with one attached hydrogen (secondary N) is 3. The maximum atomic E-state index is 12.2. The summed E-state index contributed by atoms with van der Waals surface area (Å²) in [5, 5.41) is 9.13. The fraction of sp³-hybridized carbons (Fsp3) is 0.0500. The summed E-state index contributed by atoms with van der Waals surface area (Å²) in [6.07, 6.45) is 1.62. The molecule has 0 saturated heterocycles. The molecule has 7 heteroatoms. The SMILES string of the molecule is CC(=O)Nc1ccc(Nc2ccc(NC(=O)c3cccc(Cl)c3)nc2)cc1. The number of amides is 2. The number of hydrogen-bond acceptors (Lipinski definition) is 4. The summed E-state index contributed by atoms with van der Waals surface area (Å²) in [4.78, 5) is 27.5. The van der Waals surface area contributed by atoms with E-state index in [-0.39, 0.29) is 11.8 Å². The first-order chi connectivity index (χ1) is 13.0. The molecule has 3 N–H and O–H groups in total. The topological polar surface area (TPSA) is 83.1 Å². The van der Waals surface area contributed by atoms with E-state index in [1.165, 1.54) is 6.92 Å². The standard InChI is InChI=1S/C20H17ClN4O2/c1-13(26)23-16-5-7-17(8-6-16)24-18-9-10-19(22-12-18)25-20(27)14-3-2-4-15(21)11-14/h2-12,24H,1H3,(H,23,26)(H,22,25,27). The minimum absolute atomic E-state index is 0.115. The van der Waals surface area contributed by atoms with Crippen LogP contribution in [0.3, 0.4) is 0 Å². The van der Waals surface area contributed by atoms with E-state index in [2.05, 4.69) is 20.9 Å². The summed E-state index contributed by atoms with van der Waals surface area (Å²) in [6, 6.07) is 17.5. The first kappa shape index (κ1) is 18.4. The van der Waals surface area contributed by atoms with Crippen molar-refractivity contribution in [3.05, 3.63) is 77.4 Å². The van der Waals surface area contributed by atoms with Crippen molar-refractivity contribution in [1.82, 2.24) is 4.98 Å². The Bertz CT molecular complexity index is 956. The molecule has 0 aliphatic carbocycles. The maximum Gasteiger partial charge on any atom is 0.256 e. The molecule has 6 nitrogen and oxygen atoms in total. The molecule has 0 fully saturated rings. The van der Waals surface area contributed by atoms with Gasteiger partial charge in [0.2, 0.25) is 5.91 Å². The van der Waals surface area contributed by atoms with Crippen LogP contribution < -0.4 is 16.0 Å². The van der Waals surface area contributed by atoms with Gasteiger partial charge in [-0.2, -0.15) is 0 Å². The molecule has 3 rings (SSSR count). The predicted molar refractivity (Wildman–Crippen MR) is 108 cm³/mol. The fourth-order valence-corrected chi connectivity index (χ4v) is 2.56. The highest BCUT2D eigenvalue weighted by atomic mass is 35.5. The molecule has 1 aromatic heterocycles. The van der Waals surface area contributed by atoms with Gasteiger partial charge in [-0.15, -0.1) is 0 Å². The lowest BCUT2D eigenvalue weighted by atomic mass is 10.2. The highest BCUT2D eigenvalue weighted by Crippen LogP contribution is 2.20. The van der Waals surface area contributed by atoms with Gasteiger partial charge in [0.05, 0.1) is 11.9 Å². The van der Waals surface area contributed by atoms with Crippen LogP contribution in [0.15, 0.2) is 66.9 Å². The molecule has 0 saturated carbocycles. The van der Waals surface area contributed by atoms with Crippen LogP contribution in [0.1, 0.15) is 17.3 Å². The van der Waals surface area contributed by atoms with Crippen LogP contribution in [0.4, 0.5) is 22.9 Å². The maximum absolute atomic E-state index is 12.2. The van der Waals surface area contributed by atoms with Gasteiger partial charge < -0.3 is 16.0 Å². The molecule has 0 aliphatic heterocycles. The van der Waals surface area contributed by atoms with Crippen molar-refractivity contribution < 1.29 is 9.59 Å². The quantitative estimate of drug-likeness (QED) is 0.599. The monoisotopic (exact) mass is 380 g/mol. The van der Waals surface area contributed by atoms with Gasteiger partial charge in [-0.05, 0) is 54.6 Å². The molecular weight excluding hydrogens is 364 g/mol. The number of benzene rings is 2. The van der Waals surface area contributed by atoms with Gasteiger partial charge in [0, 0.05) is 28.9 Å². The fourth-order valence-electron chi connectivity index (χ4n) is 2.37. The summed E-state index contributed by atoms with van der Waals surface area (Å²) in [5.41, 5.74) is 2.81. The number of aromatic nitrogens is 1. The zero-order chi connectivity index (χ0) is 19.2. The summed E-state index contributed by atoms with van der Waals surface area (Å²) < 4.78 is 0. The van der Waals surface area contributed by atoms with Crippen LogP contribution in [0, 0.1) is 0 Å². The molecule has 27 heavy (non-hydrogen) atoms. The summed E-state index contributed by atoms with van der Waals surface area (Å²) >= 11 is 5.90. The number of nitrogens with zero attached hydrogens (tertiary/aromatic N) is 1. The smallest absolute Gasteiger partial charge is 0.256 e. The third-order valence-corrected chi connectivity index (χ3v) is 3.82. The van der Waals surface area contributed by atoms with Gasteiger partial charge in [-0.1, -0.05) is 17.7 Å². The second kappa shape index (κ2) is 8.33. The van der Waals surface area contributed by atoms with Gasteiger partial charge in [0.15, 0.2) is 0 Å². The Hall–Kier alpha value is -3.38. The van der Waals surface area contributed by atoms with E-state index in [4.69, 9.17) is 11.6 Å². The molecule has 0 bridgehead atoms. The van der Waals surface area contributed by atoms with Crippen LogP contribution in [0.25, 0.3) is 0 Å². The molecule has 0 radical (unpaired) electrons. The van der Waals surface area contributed by atoms with Crippen molar-refractivity contribution in [2.24, 2.45) is 0 Å². The van der Waals surface area contributed by atoms with Crippen molar-refractivity contribution >= 4 is 46.3 Å². The zero-order valence-electron chi connectivity index (χ0n) is 14.5. The number of carbonyl (C=O) groups excluding carboxylic acids is 2. The molecule has 3 aromatic rings. The first-order valence-electron chi connectivity index (χ1n) is 8.17. The molecule has 0 spiro atoms. The normalized spacial score (nSPS) is 10.1. The summed E-state index contributed by atoms with van der Waals surface area (Å²) in [7, 11) is 0. The molecule has 1 heterocycles. The van der Waals surface area contributed by atoms with Crippen LogP contribution >= 0.6 is 11.6 Å². The van der Waals surface area contributed by atoms with E-state index >= 15 is 0 Å². The number of carbonyl (C=O) groups is 2. The van der Waals surface area contributed by atoms with Gasteiger partial charge >= 0.3 is 0 Å². The van der Waals surface area contributed by atoms with Crippen molar-refractivity contribution in [3.63, 3.8) is 0 Å². The van der Waals surface area contributed by atoms with Crippen molar-refractivity contribution in [1.29, 1.82) is 0 Å². The lowest BCUT2D eigenvalue weighted by Crippen LogP contribution is -2.12.